The second-order valence-corrected chi connectivity index (χ2v) is 8.52. The molecule has 0 spiro atoms. The highest BCUT2D eigenvalue weighted by atomic mass is 35.5. The molecule has 1 atom stereocenters. The quantitative estimate of drug-likeness (QED) is 0.388. The second-order valence-electron chi connectivity index (χ2n) is 8.11. The largest absolute Gasteiger partial charge is 0.492 e. The van der Waals surface area contributed by atoms with Crippen molar-refractivity contribution in [3.05, 3.63) is 89.2 Å². The molecule has 32 heavy (non-hydrogen) atoms. The fourth-order valence-corrected chi connectivity index (χ4v) is 4.47. The summed E-state index contributed by atoms with van der Waals surface area (Å²) in [4.78, 5) is 19.6. The van der Waals surface area contributed by atoms with Gasteiger partial charge in [0.1, 0.15) is 18.2 Å². The molecule has 0 radical (unpaired) electrons. The number of nitrogens with zero attached hydrogens (tertiary/aromatic N) is 3. The van der Waals surface area contributed by atoms with Gasteiger partial charge in [0.05, 0.1) is 17.6 Å². The van der Waals surface area contributed by atoms with Crippen LogP contribution in [-0.2, 0) is 11.3 Å². The van der Waals surface area contributed by atoms with E-state index in [1.807, 2.05) is 78.6 Å². The number of rotatable bonds is 6. The molecule has 6 heteroatoms. The molecule has 0 aliphatic carbocycles. The van der Waals surface area contributed by atoms with Gasteiger partial charge in [-0.2, -0.15) is 0 Å². The van der Waals surface area contributed by atoms with Crippen LogP contribution in [0.1, 0.15) is 23.7 Å². The van der Waals surface area contributed by atoms with Gasteiger partial charge in [0.15, 0.2) is 0 Å². The lowest BCUT2D eigenvalue weighted by molar-refractivity contribution is -0.117. The number of ether oxygens (including phenoxy) is 1. The summed E-state index contributed by atoms with van der Waals surface area (Å²) in [5, 5.41) is 0.670. The van der Waals surface area contributed by atoms with Gasteiger partial charge in [-0.05, 0) is 48.9 Å². The van der Waals surface area contributed by atoms with E-state index >= 15 is 0 Å². The number of imidazole rings is 1. The van der Waals surface area contributed by atoms with Crippen LogP contribution in [0.3, 0.4) is 0 Å². The van der Waals surface area contributed by atoms with Crippen molar-refractivity contribution in [1.82, 2.24) is 9.55 Å². The minimum absolute atomic E-state index is 0.00621. The van der Waals surface area contributed by atoms with Gasteiger partial charge >= 0.3 is 0 Å². The van der Waals surface area contributed by atoms with Crippen molar-refractivity contribution >= 4 is 34.2 Å². The molecule has 3 aromatic carbocycles. The third-order valence-electron chi connectivity index (χ3n) is 5.97. The highest BCUT2D eigenvalue weighted by Crippen LogP contribution is 2.34. The predicted octanol–water partition coefficient (Wildman–Crippen LogP) is 5.60. The zero-order valence-corrected chi connectivity index (χ0v) is 18.6. The van der Waals surface area contributed by atoms with Crippen molar-refractivity contribution in [3.63, 3.8) is 0 Å². The summed E-state index contributed by atoms with van der Waals surface area (Å²) in [6.07, 6.45) is 0.425. The van der Waals surface area contributed by atoms with Crippen molar-refractivity contribution in [2.45, 2.75) is 25.8 Å². The summed E-state index contributed by atoms with van der Waals surface area (Å²) in [7, 11) is 0. The van der Waals surface area contributed by atoms with Crippen LogP contribution in [0.2, 0.25) is 5.02 Å². The molecule has 0 bridgehead atoms. The second kappa shape index (κ2) is 8.67. The van der Waals surface area contributed by atoms with E-state index in [4.69, 9.17) is 21.3 Å². The summed E-state index contributed by atoms with van der Waals surface area (Å²) in [5.41, 5.74) is 3.83. The van der Waals surface area contributed by atoms with Gasteiger partial charge in [-0.3, -0.25) is 4.79 Å². The summed E-state index contributed by atoms with van der Waals surface area (Å²) < 4.78 is 8.14. The van der Waals surface area contributed by atoms with Crippen molar-refractivity contribution in [1.29, 1.82) is 0 Å². The molecule has 4 aromatic rings. The Morgan fingerprint density at radius 3 is 2.66 bits per heavy atom. The van der Waals surface area contributed by atoms with E-state index in [1.54, 1.807) is 0 Å². The Balaban J connectivity index is 1.41. The molecule has 5 rings (SSSR count). The standard InChI is InChI=1S/C26H24ClN3O2/c1-18-11-12-20(16-22(18)27)30-17-19(15-25(30)31)26-28-23-9-5-6-10-24(23)29(26)13-14-32-21-7-3-2-4-8-21/h2-12,16,19H,13-15,17H2,1H3. The number of para-hydroxylation sites is 3. The Bertz CT molecular complexity index is 1270. The van der Waals surface area contributed by atoms with Crippen molar-refractivity contribution in [3.8, 4) is 5.75 Å². The molecule has 1 aromatic heterocycles. The fraction of sp³-hybridized carbons (Fsp3) is 0.231. The number of carbonyl (C=O) groups is 1. The average Bonchev–Trinajstić information content (AvgIpc) is 3.37. The molecular formula is C26H24ClN3O2. The number of fused-ring (bicyclic) bond motifs is 1. The first-order chi connectivity index (χ1) is 15.6. The molecule has 1 aliphatic rings. The Morgan fingerprint density at radius 1 is 1.06 bits per heavy atom. The van der Waals surface area contributed by atoms with Gasteiger partial charge in [-0.25, -0.2) is 4.98 Å². The van der Waals surface area contributed by atoms with E-state index in [9.17, 15) is 4.79 Å². The van der Waals surface area contributed by atoms with Crippen LogP contribution in [0.25, 0.3) is 11.0 Å². The Morgan fingerprint density at radius 2 is 1.84 bits per heavy atom. The maximum absolute atomic E-state index is 12.9. The van der Waals surface area contributed by atoms with Crippen LogP contribution in [0.4, 0.5) is 5.69 Å². The Kier molecular flexibility index (Phi) is 5.58. The number of benzene rings is 3. The van der Waals surface area contributed by atoms with Gasteiger partial charge in [-0.15, -0.1) is 0 Å². The summed E-state index contributed by atoms with van der Waals surface area (Å²) in [6, 6.07) is 23.7. The Hall–Kier alpha value is -3.31. The van der Waals surface area contributed by atoms with E-state index in [1.165, 1.54) is 0 Å². The SMILES string of the molecule is Cc1ccc(N2CC(c3nc4ccccc4n3CCOc3ccccc3)CC2=O)cc1Cl. The Labute approximate surface area is 192 Å². The molecule has 162 valence electrons. The first kappa shape index (κ1) is 20.6. The van der Waals surface area contributed by atoms with Gasteiger partial charge in [-0.1, -0.05) is 48.0 Å². The van der Waals surface area contributed by atoms with Gasteiger partial charge < -0.3 is 14.2 Å². The van der Waals surface area contributed by atoms with Crippen LogP contribution in [0.5, 0.6) is 5.75 Å². The molecule has 1 aliphatic heterocycles. The predicted molar refractivity (Wildman–Crippen MR) is 128 cm³/mol. The number of halogens is 1. The number of hydrogen-bond acceptors (Lipinski definition) is 3. The van der Waals surface area contributed by atoms with Gasteiger partial charge in [0.2, 0.25) is 5.91 Å². The number of carbonyl (C=O) groups excluding carboxylic acids is 1. The lowest BCUT2D eigenvalue weighted by Gasteiger charge is -2.18. The van der Waals surface area contributed by atoms with E-state index in [0.717, 1.165) is 33.9 Å². The summed E-state index contributed by atoms with van der Waals surface area (Å²) in [5.74, 6) is 1.87. The maximum atomic E-state index is 12.9. The first-order valence-electron chi connectivity index (χ1n) is 10.8. The monoisotopic (exact) mass is 445 g/mol. The smallest absolute Gasteiger partial charge is 0.227 e. The molecular weight excluding hydrogens is 422 g/mol. The molecule has 1 saturated heterocycles. The number of anilines is 1. The minimum Gasteiger partial charge on any atom is -0.492 e. The third kappa shape index (κ3) is 3.96. The first-order valence-corrected chi connectivity index (χ1v) is 11.2. The fourth-order valence-electron chi connectivity index (χ4n) is 4.29. The third-order valence-corrected chi connectivity index (χ3v) is 6.38. The molecule has 1 unspecified atom stereocenters. The van der Waals surface area contributed by atoms with Crippen LogP contribution in [0, 0.1) is 6.92 Å². The van der Waals surface area contributed by atoms with Crippen molar-refractivity contribution in [2.75, 3.05) is 18.1 Å². The molecule has 0 N–H and O–H groups in total. The molecule has 1 fully saturated rings. The normalized spacial score (nSPS) is 16.1. The molecule has 0 saturated carbocycles. The van der Waals surface area contributed by atoms with E-state index in [2.05, 4.69) is 10.6 Å². The number of aryl methyl sites for hydroxylation is 1. The zero-order valence-electron chi connectivity index (χ0n) is 17.9. The molecule has 2 heterocycles. The van der Waals surface area contributed by atoms with E-state index in [0.29, 0.717) is 31.1 Å². The van der Waals surface area contributed by atoms with Crippen LogP contribution < -0.4 is 9.64 Å². The average molecular weight is 446 g/mol. The number of amides is 1. The topological polar surface area (TPSA) is 47.4 Å². The summed E-state index contributed by atoms with van der Waals surface area (Å²) in [6.45, 7) is 3.72. The highest BCUT2D eigenvalue weighted by molar-refractivity contribution is 6.31. The molecule has 5 nitrogen and oxygen atoms in total. The van der Waals surface area contributed by atoms with E-state index < -0.39 is 0 Å². The summed E-state index contributed by atoms with van der Waals surface area (Å²) >= 11 is 6.31. The van der Waals surface area contributed by atoms with Crippen molar-refractivity contribution in [2.24, 2.45) is 0 Å². The number of hydrogen-bond donors (Lipinski definition) is 0. The lowest BCUT2D eigenvalue weighted by atomic mass is 10.1. The maximum Gasteiger partial charge on any atom is 0.227 e. The molecule has 1 amide bonds. The van der Waals surface area contributed by atoms with Crippen LogP contribution in [0.15, 0.2) is 72.8 Å². The lowest BCUT2D eigenvalue weighted by Crippen LogP contribution is -2.24. The van der Waals surface area contributed by atoms with Crippen LogP contribution in [-0.4, -0.2) is 28.6 Å². The zero-order chi connectivity index (χ0) is 22.1. The number of aromatic nitrogens is 2. The van der Waals surface area contributed by atoms with E-state index in [-0.39, 0.29) is 11.8 Å². The van der Waals surface area contributed by atoms with Gasteiger partial charge in [0, 0.05) is 29.6 Å². The van der Waals surface area contributed by atoms with Gasteiger partial charge in [0.25, 0.3) is 0 Å². The van der Waals surface area contributed by atoms with Crippen LogP contribution >= 0.6 is 11.6 Å². The minimum atomic E-state index is 0.00621. The highest BCUT2D eigenvalue weighted by Gasteiger charge is 2.35. The van der Waals surface area contributed by atoms with Crippen molar-refractivity contribution < 1.29 is 9.53 Å².